The minimum atomic E-state index is 0.0506. The van der Waals surface area contributed by atoms with E-state index in [1.54, 1.807) is 4.90 Å². The molecule has 1 unspecified atom stereocenters. The minimum absolute atomic E-state index is 0.0506. The van der Waals surface area contributed by atoms with Crippen molar-refractivity contribution in [1.29, 1.82) is 0 Å². The van der Waals surface area contributed by atoms with Crippen LogP contribution in [0.3, 0.4) is 0 Å². The Bertz CT molecular complexity index is 138. The van der Waals surface area contributed by atoms with E-state index in [0.29, 0.717) is 6.54 Å². The highest BCUT2D eigenvalue weighted by atomic mass is 32.1. The maximum atomic E-state index is 11.1. The van der Waals surface area contributed by atoms with Gasteiger partial charge >= 0.3 is 0 Å². The molecule has 0 bridgehead atoms. The zero-order chi connectivity index (χ0) is 7.56. The zero-order valence-corrected chi connectivity index (χ0v) is 6.90. The number of hydrogen-bond donors (Lipinski definition) is 2. The van der Waals surface area contributed by atoms with E-state index in [4.69, 9.17) is 0 Å². The highest BCUT2D eigenvalue weighted by Crippen LogP contribution is 2.04. The average molecular weight is 160 g/mol. The van der Waals surface area contributed by atoms with E-state index < -0.39 is 0 Å². The fourth-order valence-electron chi connectivity index (χ4n) is 1.02. The number of piperazine rings is 1. The molecule has 0 aliphatic carbocycles. The molecule has 4 heteroatoms. The number of amides is 1. The van der Waals surface area contributed by atoms with E-state index in [0.717, 1.165) is 13.1 Å². The highest BCUT2D eigenvalue weighted by molar-refractivity contribution is 7.80. The van der Waals surface area contributed by atoms with Gasteiger partial charge in [-0.05, 0) is 6.92 Å². The summed E-state index contributed by atoms with van der Waals surface area (Å²) in [6.45, 7) is 4.04. The molecular weight excluding hydrogens is 148 g/mol. The molecule has 1 amide bonds. The number of thiol groups is 1. The molecule has 1 saturated heterocycles. The standard InChI is InChI=1S/C6H12N2OS/c1-5(10)8-3-2-7-4-6(8)9/h5,7,10H,2-4H2,1H3. The average Bonchev–Trinajstić information content (AvgIpc) is 1.88. The predicted molar refractivity (Wildman–Crippen MR) is 43.0 cm³/mol. The van der Waals surface area contributed by atoms with Crippen LogP contribution in [0.5, 0.6) is 0 Å². The second kappa shape index (κ2) is 3.25. The van der Waals surface area contributed by atoms with Crippen molar-refractivity contribution in [2.24, 2.45) is 0 Å². The van der Waals surface area contributed by atoms with E-state index in [9.17, 15) is 4.79 Å². The monoisotopic (exact) mass is 160 g/mol. The molecule has 0 aromatic rings. The van der Waals surface area contributed by atoms with Crippen molar-refractivity contribution >= 4 is 18.5 Å². The summed E-state index contributed by atoms with van der Waals surface area (Å²) in [6, 6.07) is 0. The summed E-state index contributed by atoms with van der Waals surface area (Å²) in [5, 5.41) is 3.04. The first kappa shape index (κ1) is 7.88. The third-order valence-corrected chi connectivity index (χ3v) is 1.86. The summed E-state index contributed by atoms with van der Waals surface area (Å²) < 4.78 is 0. The number of rotatable bonds is 1. The van der Waals surface area contributed by atoms with E-state index in [1.807, 2.05) is 6.92 Å². The number of carbonyl (C=O) groups is 1. The van der Waals surface area contributed by atoms with Gasteiger partial charge in [0.05, 0.1) is 11.9 Å². The van der Waals surface area contributed by atoms with E-state index in [1.165, 1.54) is 0 Å². The summed E-state index contributed by atoms with van der Waals surface area (Å²) in [4.78, 5) is 12.8. The fraction of sp³-hybridized carbons (Fsp3) is 0.833. The van der Waals surface area contributed by atoms with Crippen LogP contribution in [0.15, 0.2) is 0 Å². The summed E-state index contributed by atoms with van der Waals surface area (Å²) in [5.41, 5.74) is 0. The summed E-state index contributed by atoms with van der Waals surface area (Å²) in [7, 11) is 0. The molecular formula is C6H12N2OS. The first-order valence-electron chi connectivity index (χ1n) is 3.40. The van der Waals surface area contributed by atoms with Crippen LogP contribution in [0.25, 0.3) is 0 Å². The van der Waals surface area contributed by atoms with Gasteiger partial charge in [-0.3, -0.25) is 4.79 Å². The van der Waals surface area contributed by atoms with Gasteiger partial charge < -0.3 is 10.2 Å². The van der Waals surface area contributed by atoms with Crippen molar-refractivity contribution in [3.05, 3.63) is 0 Å². The number of hydrogen-bond acceptors (Lipinski definition) is 3. The van der Waals surface area contributed by atoms with Gasteiger partial charge in [0.25, 0.3) is 0 Å². The molecule has 0 spiro atoms. The van der Waals surface area contributed by atoms with Crippen LogP contribution in [-0.4, -0.2) is 35.8 Å². The first-order valence-corrected chi connectivity index (χ1v) is 3.91. The first-order chi connectivity index (χ1) is 4.72. The molecule has 1 aliphatic rings. The summed E-state index contributed by atoms with van der Waals surface area (Å²) in [5.74, 6) is 0.147. The number of carbonyl (C=O) groups excluding carboxylic acids is 1. The lowest BCUT2D eigenvalue weighted by Gasteiger charge is -2.30. The predicted octanol–water partition coefficient (Wildman–Crippen LogP) is -0.306. The molecule has 1 N–H and O–H groups in total. The largest absolute Gasteiger partial charge is 0.329 e. The molecule has 0 aromatic carbocycles. The molecule has 1 rings (SSSR count). The molecule has 1 fully saturated rings. The Balaban J connectivity index is 2.48. The molecule has 0 radical (unpaired) electrons. The second-order valence-electron chi connectivity index (χ2n) is 2.40. The van der Waals surface area contributed by atoms with Crippen LogP contribution in [0.4, 0.5) is 0 Å². The third-order valence-electron chi connectivity index (χ3n) is 1.58. The normalized spacial score (nSPS) is 23.0. The minimum Gasteiger partial charge on any atom is -0.329 e. The molecule has 10 heavy (non-hydrogen) atoms. The van der Waals surface area contributed by atoms with Crippen LogP contribution >= 0.6 is 12.6 Å². The van der Waals surface area contributed by atoms with Crippen molar-refractivity contribution in [1.82, 2.24) is 10.2 Å². The molecule has 1 aliphatic heterocycles. The van der Waals surface area contributed by atoms with Crippen LogP contribution in [-0.2, 0) is 4.79 Å². The van der Waals surface area contributed by atoms with Crippen LogP contribution < -0.4 is 5.32 Å². The molecule has 0 saturated carbocycles. The maximum Gasteiger partial charge on any atom is 0.237 e. The molecule has 1 atom stereocenters. The lowest BCUT2D eigenvalue weighted by atomic mass is 10.3. The van der Waals surface area contributed by atoms with Crippen molar-refractivity contribution in [2.75, 3.05) is 19.6 Å². The Labute approximate surface area is 66.2 Å². The van der Waals surface area contributed by atoms with Crippen molar-refractivity contribution in [2.45, 2.75) is 12.3 Å². The number of nitrogens with one attached hydrogen (secondary N) is 1. The summed E-state index contributed by atoms with van der Waals surface area (Å²) in [6.07, 6.45) is 0. The lowest BCUT2D eigenvalue weighted by molar-refractivity contribution is -0.132. The smallest absolute Gasteiger partial charge is 0.237 e. The third kappa shape index (κ3) is 1.64. The molecule has 0 aromatic heterocycles. The van der Waals surface area contributed by atoms with Gasteiger partial charge in [-0.25, -0.2) is 0 Å². The van der Waals surface area contributed by atoms with Crippen molar-refractivity contribution < 1.29 is 4.79 Å². The van der Waals surface area contributed by atoms with Gasteiger partial charge in [0, 0.05) is 13.1 Å². The SMILES string of the molecule is CC(S)N1CCNCC1=O. The van der Waals surface area contributed by atoms with Gasteiger partial charge in [0.1, 0.15) is 0 Å². The van der Waals surface area contributed by atoms with Gasteiger partial charge in [0.2, 0.25) is 5.91 Å². The lowest BCUT2D eigenvalue weighted by Crippen LogP contribution is -2.50. The molecule has 1 heterocycles. The van der Waals surface area contributed by atoms with Crippen LogP contribution in [0.1, 0.15) is 6.92 Å². The zero-order valence-electron chi connectivity index (χ0n) is 6.00. The topological polar surface area (TPSA) is 32.3 Å². The Kier molecular flexibility index (Phi) is 2.56. The molecule has 3 nitrogen and oxygen atoms in total. The van der Waals surface area contributed by atoms with E-state index in [2.05, 4.69) is 17.9 Å². The highest BCUT2D eigenvalue weighted by Gasteiger charge is 2.19. The van der Waals surface area contributed by atoms with Crippen molar-refractivity contribution in [3.63, 3.8) is 0 Å². The maximum absolute atomic E-state index is 11.1. The van der Waals surface area contributed by atoms with Gasteiger partial charge in [-0.1, -0.05) is 0 Å². The van der Waals surface area contributed by atoms with Gasteiger partial charge in [-0.15, -0.1) is 0 Å². The van der Waals surface area contributed by atoms with Crippen molar-refractivity contribution in [3.8, 4) is 0 Å². The van der Waals surface area contributed by atoms with Gasteiger partial charge in [0.15, 0.2) is 0 Å². The quantitative estimate of drug-likeness (QED) is 0.516. The molecule has 58 valence electrons. The Hall–Kier alpha value is -0.220. The Morgan fingerprint density at radius 2 is 2.50 bits per heavy atom. The fourth-order valence-corrected chi connectivity index (χ4v) is 1.26. The van der Waals surface area contributed by atoms with Gasteiger partial charge in [-0.2, -0.15) is 12.6 Å². The number of nitrogens with zero attached hydrogens (tertiary/aromatic N) is 1. The second-order valence-corrected chi connectivity index (χ2v) is 3.14. The van der Waals surface area contributed by atoms with E-state index >= 15 is 0 Å². The van der Waals surface area contributed by atoms with Crippen LogP contribution in [0.2, 0.25) is 0 Å². The Morgan fingerprint density at radius 1 is 1.80 bits per heavy atom. The Morgan fingerprint density at radius 3 is 2.90 bits per heavy atom. The summed E-state index contributed by atoms with van der Waals surface area (Å²) >= 11 is 4.18. The van der Waals surface area contributed by atoms with Crippen LogP contribution in [0, 0.1) is 0 Å². The van der Waals surface area contributed by atoms with E-state index in [-0.39, 0.29) is 11.3 Å².